The normalized spacial score (nSPS) is 17.2. The molecule has 0 spiro atoms. The first-order valence-electron chi connectivity index (χ1n) is 14.9. The van der Waals surface area contributed by atoms with Crippen molar-refractivity contribution in [3.63, 3.8) is 0 Å². The van der Waals surface area contributed by atoms with Gasteiger partial charge in [-0.2, -0.15) is 0 Å². The van der Waals surface area contributed by atoms with E-state index >= 15 is 0 Å². The number of fused-ring (bicyclic) bond motifs is 2. The highest BCUT2D eigenvalue weighted by Gasteiger charge is 2.38. The van der Waals surface area contributed by atoms with E-state index in [0.29, 0.717) is 0 Å². The average molecular weight is 571 g/mol. The van der Waals surface area contributed by atoms with E-state index < -0.39 is 0 Å². The van der Waals surface area contributed by atoms with Gasteiger partial charge in [-0.1, -0.05) is 91.0 Å². The number of aryl methyl sites for hydroxylation is 2. The van der Waals surface area contributed by atoms with Crippen LogP contribution in [0.1, 0.15) is 16.7 Å². The second-order valence-electron chi connectivity index (χ2n) is 11.2. The molecule has 0 radical (unpaired) electrons. The summed E-state index contributed by atoms with van der Waals surface area (Å²) in [5, 5.41) is 0. The number of nitrogens with zero attached hydrogens (tertiary/aromatic N) is 6. The quantitative estimate of drug-likeness (QED) is 0.211. The van der Waals surface area contributed by atoms with Gasteiger partial charge in [-0.25, -0.2) is 9.97 Å². The summed E-state index contributed by atoms with van der Waals surface area (Å²) in [5.41, 5.74) is 10.4. The molecule has 2 unspecified atom stereocenters. The standard InChI is InChI=1S/C38H30N6/c1-25-13-3-9-21-33(25)43-35(41-31-19-11-23-39-37(31)43)29-17-7-5-15-27(29)28-16-6-8-18-30(28)36-42-32-20-12-24-40-38(32)44(36)34-22-10-4-14-26(34)2/h3-24,31,37H,1-2H3. The molecular formula is C38H30N6. The van der Waals surface area contributed by atoms with Crippen LogP contribution in [0.2, 0.25) is 0 Å². The third-order valence-electron chi connectivity index (χ3n) is 8.48. The Balaban J connectivity index is 1.35. The molecule has 6 heteroatoms. The molecule has 2 aromatic heterocycles. The van der Waals surface area contributed by atoms with Gasteiger partial charge < -0.3 is 4.90 Å². The molecule has 0 amide bonds. The summed E-state index contributed by atoms with van der Waals surface area (Å²) in [6.07, 6.45) is 7.73. The summed E-state index contributed by atoms with van der Waals surface area (Å²) in [5.74, 6) is 1.77. The first-order chi connectivity index (χ1) is 21.7. The highest BCUT2D eigenvalue weighted by atomic mass is 15.4. The van der Waals surface area contributed by atoms with Gasteiger partial charge in [0, 0.05) is 29.2 Å². The second kappa shape index (κ2) is 10.6. The molecule has 0 fully saturated rings. The molecule has 2 atom stereocenters. The summed E-state index contributed by atoms with van der Waals surface area (Å²) >= 11 is 0. The smallest absolute Gasteiger partial charge is 0.164 e. The minimum absolute atomic E-state index is 0.0609. The zero-order valence-electron chi connectivity index (χ0n) is 24.5. The van der Waals surface area contributed by atoms with Crippen LogP contribution in [0.4, 0.5) is 5.69 Å². The number of hydrogen-bond acceptors (Lipinski definition) is 5. The Morgan fingerprint density at radius 1 is 0.636 bits per heavy atom. The molecule has 8 rings (SSSR count). The Bertz CT molecular complexity index is 2140. The van der Waals surface area contributed by atoms with Crippen LogP contribution in [0, 0.1) is 13.8 Å². The van der Waals surface area contributed by atoms with Gasteiger partial charge in [0.2, 0.25) is 0 Å². The number of allylic oxidation sites excluding steroid dienone is 1. The fraction of sp³-hybridized carbons (Fsp3) is 0.105. The van der Waals surface area contributed by atoms with Crippen molar-refractivity contribution in [1.29, 1.82) is 0 Å². The summed E-state index contributed by atoms with van der Waals surface area (Å²) < 4.78 is 2.19. The highest BCUT2D eigenvalue weighted by molar-refractivity contribution is 6.16. The molecule has 44 heavy (non-hydrogen) atoms. The van der Waals surface area contributed by atoms with Crippen LogP contribution in [0.5, 0.6) is 0 Å². The minimum atomic E-state index is -0.129. The predicted molar refractivity (Wildman–Crippen MR) is 180 cm³/mol. The maximum atomic E-state index is 5.29. The number of aromatic nitrogens is 3. The molecule has 6 nitrogen and oxygen atoms in total. The Morgan fingerprint density at radius 2 is 1.27 bits per heavy atom. The SMILES string of the molecule is Cc1ccccc1N1C(c2ccccc2-c2ccccc2-c2nc3cccnc3n2-c2ccccc2C)=NC2C=CC=NC21. The Hall–Kier alpha value is -5.62. The van der Waals surface area contributed by atoms with Gasteiger partial charge in [-0.3, -0.25) is 14.6 Å². The monoisotopic (exact) mass is 570 g/mol. The van der Waals surface area contributed by atoms with Crippen molar-refractivity contribution in [3.05, 3.63) is 144 Å². The second-order valence-corrected chi connectivity index (χ2v) is 11.2. The Labute approximate surface area is 256 Å². The van der Waals surface area contributed by atoms with Gasteiger partial charge in [0.1, 0.15) is 23.2 Å². The zero-order chi connectivity index (χ0) is 29.6. The van der Waals surface area contributed by atoms with E-state index in [9.17, 15) is 0 Å². The van der Waals surface area contributed by atoms with E-state index in [1.54, 1.807) is 0 Å². The van der Waals surface area contributed by atoms with Crippen LogP contribution in [0.25, 0.3) is 39.4 Å². The zero-order valence-corrected chi connectivity index (χ0v) is 24.5. The Morgan fingerprint density at radius 3 is 2.02 bits per heavy atom. The van der Waals surface area contributed by atoms with Crippen LogP contribution in [0.15, 0.2) is 138 Å². The van der Waals surface area contributed by atoms with Crippen LogP contribution >= 0.6 is 0 Å². The van der Waals surface area contributed by atoms with Crippen molar-refractivity contribution in [1.82, 2.24) is 14.5 Å². The van der Waals surface area contributed by atoms with Crippen LogP contribution in [-0.4, -0.2) is 38.8 Å². The lowest BCUT2D eigenvalue weighted by molar-refractivity contribution is 0.658. The topological polar surface area (TPSA) is 58.7 Å². The van der Waals surface area contributed by atoms with Gasteiger partial charge in [0.05, 0.1) is 5.69 Å². The number of dihydropyridines is 1. The predicted octanol–water partition coefficient (Wildman–Crippen LogP) is 7.97. The highest BCUT2D eigenvalue weighted by Crippen LogP contribution is 2.40. The number of imidazole rings is 1. The molecule has 0 N–H and O–H groups in total. The summed E-state index contributed by atoms with van der Waals surface area (Å²) in [6.45, 7) is 4.28. The number of para-hydroxylation sites is 2. The van der Waals surface area contributed by atoms with Crippen LogP contribution in [0.3, 0.4) is 0 Å². The molecule has 6 aromatic rings. The third-order valence-corrected chi connectivity index (χ3v) is 8.48. The third kappa shape index (κ3) is 4.18. The lowest BCUT2D eigenvalue weighted by Gasteiger charge is -2.30. The number of hydrogen-bond donors (Lipinski definition) is 0. The maximum Gasteiger partial charge on any atom is 0.164 e. The van der Waals surface area contributed by atoms with Crippen molar-refractivity contribution in [2.24, 2.45) is 9.98 Å². The number of benzene rings is 4. The van der Waals surface area contributed by atoms with Crippen molar-refractivity contribution < 1.29 is 0 Å². The van der Waals surface area contributed by atoms with E-state index in [0.717, 1.165) is 62.0 Å². The van der Waals surface area contributed by atoms with Gasteiger partial charge in [0.25, 0.3) is 0 Å². The molecule has 0 saturated heterocycles. The summed E-state index contributed by atoms with van der Waals surface area (Å²) in [6, 6.07) is 37.8. The number of pyridine rings is 1. The largest absolute Gasteiger partial charge is 0.301 e. The lowest BCUT2D eigenvalue weighted by Crippen LogP contribution is -2.40. The molecule has 212 valence electrons. The number of rotatable bonds is 5. The molecular weight excluding hydrogens is 540 g/mol. The van der Waals surface area contributed by atoms with Crippen LogP contribution < -0.4 is 4.90 Å². The van der Waals surface area contributed by atoms with Gasteiger partial charge >= 0.3 is 0 Å². The van der Waals surface area contributed by atoms with Gasteiger partial charge in [-0.15, -0.1) is 0 Å². The van der Waals surface area contributed by atoms with E-state index in [2.05, 4.69) is 126 Å². The fourth-order valence-corrected chi connectivity index (χ4v) is 6.40. The molecule has 0 bridgehead atoms. The molecule has 2 aliphatic rings. The molecule has 4 aromatic carbocycles. The maximum absolute atomic E-state index is 5.29. The Kier molecular flexibility index (Phi) is 6.26. The number of amidine groups is 1. The molecule has 4 heterocycles. The van der Waals surface area contributed by atoms with Gasteiger partial charge in [-0.05, 0) is 66.4 Å². The molecule has 0 aliphatic carbocycles. The summed E-state index contributed by atoms with van der Waals surface area (Å²) in [7, 11) is 0. The van der Waals surface area contributed by atoms with Crippen molar-refractivity contribution in [2.75, 3.05) is 4.90 Å². The van der Waals surface area contributed by atoms with E-state index in [1.165, 1.54) is 5.56 Å². The van der Waals surface area contributed by atoms with Crippen LogP contribution in [-0.2, 0) is 0 Å². The first kappa shape index (κ1) is 26.0. The van der Waals surface area contributed by atoms with Crippen molar-refractivity contribution in [3.8, 4) is 28.2 Å². The fourth-order valence-electron chi connectivity index (χ4n) is 6.40. The van der Waals surface area contributed by atoms with Crippen molar-refractivity contribution in [2.45, 2.75) is 26.1 Å². The molecule has 0 saturated carbocycles. The molecule has 2 aliphatic heterocycles. The van der Waals surface area contributed by atoms with E-state index in [-0.39, 0.29) is 12.2 Å². The summed E-state index contributed by atoms with van der Waals surface area (Å²) in [4.78, 5) is 22.4. The van der Waals surface area contributed by atoms with Crippen molar-refractivity contribution >= 4 is 28.9 Å². The number of aliphatic imine (C=N–C) groups is 2. The average Bonchev–Trinajstić information content (AvgIpc) is 3.64. The first-order valence-corrected chi connectivity index (χ1v) is 14.9. The number of anilines is 1. The lowest BCUT2D eigenvalue weighted by atomic mass is 9.93. The van der Waals surface area contributed by atoms with E-state index in [4.69, 9.17) is 20.0 Å². The van der Waals surface area contributed by atoms with E-state index in [1.807, 2.05) is 30.6 Å². The minimum Gasteiger partial charge on any atom is -0.301 e. The van der Waals surface area contributed by atoms with Gasteiger partial charge in [0.15, 0.2) is 11.8 Å².